The maximum absolute atomic E-state index is 12.6. The van der Waals surface area contributed by atoms with Crippen molar-refractivity contribution in [3.63, 3.8) is 0 Å². The fraction of sp³-hybridized carbons (Fsp3) is 0.600. The van der Waals surface area contributed by atoms with Crippen LogP contribution in [0.2, 0.25) is 0 Å². The van der Waals surface area contributed by atoms with Gasteiger partial charge in [-0.2, -0.15) is 4.31 Å². The average molecular weight is 410 g/mol. The van der Waals surface area contributed by atoms with Crippen LogP contribution in [0.1, 0.15) is 56.8 Å². The van der Waals surface area contributed by atoms with E-state index < -0.39 is 15.9 Å². The summed E-state index contributed by atoms with van der Waals surface area (Å²) in [6.45, 7) is 6.25. The van der Waals surface area contributed by atoms with E-state index in [2.05, 4.69) is 17.6 Å². The van der Waals surface area contributed by atoms with Gasteiger partial charge in [-0.3, -0.25) is 9.59 Å². The van der Waals surface area contributed by atoms with Gasteiger partial charge in [-0.25, -0.2) is 8.42 Å². The van der Waals surface area contributed by atoms with Gasteiger partial charge in [-0.1, -0.05) is 39.7 Å². The summed E-state index contributed by atoms with van der Waals surface area (Å²) in [5.74, 6) is -0.252. The van der Waals surface area contributed by atoms with Crippen molar-refractivity contribution >= 4 is 21.8 Å². The third-order valence-corrected chi connectivity index (χ3v) is 7.35. The van der Waals surface area contributed by atoms with Gasteiger partial charge in [0.2, 0.25) is 15.9 Å². The van der Waals surface area contributed by atoms with E-state index in [0.717, 1.165) is 19.3 Å². The van der Waals surface area contributed by atoms with Crippen LogP contribution in [0.15, 0.2) is 29.2 Å². The first-order valence-corrected chi connectivity index (χ1v) is 11.4. The molecule has 0 bridgehead atoms. The molecule has 2 amide bonds. The Balaban J connectivity index is 1.98. The first-order valence-electron chi connectivity index (χ1n) is 9.97. The molecule has 1 aromatic rings. The highest BCUT2D eigenvalue weighted by molar-refractivity contribution is 7.89. The second-order valence-corrected chi connectivity index (χ2v) is 9.17. The standard InChI is InChI=1S/C20H31N3O4S/c1-4-23(5-2)28(26,27)17-11-8-10-16(13-17)20(25)21-14-19(24)22-18-12-7-6-9-15(18)3/h8,10-11,13,15,18H,4-7,9,12,14H2,1-3H3,(H,21,25)(H,22,24). The molecule has 2 N–H and O–H groups in total. The lowest BCUT2D eigenvalue weighted by molar-refractivity contribution is -0.121. The van der Waals surface area contributed by atoms with Crippen LogP contribution in [0, 0.1) is 5.92 Å². The molecule has 0 radical (unpaired) electrons. The van der Waals surface area contributed by atoms with E-state index in [1.54, 1.807) is 13.8 Å². The van der Waals surface area contributed by atoms with E-state index >= 15 is 0 Å². The molecule has 2 unspecified atom stereocenters. The van der Waals surface area contributed by atoms with Gasteiger partial charge < -0.3 is 10.6 Å². The second kappa shape index (κ2) is 10.0. The molecule has 0 spiro atoms. The minimum atomic E-state index is -3.64. The van der Waals surface area contributed by atoms with Crippen molar-refractivity contribution in [1.29, 1.82) is 0 Å². The molecule has 0 saturated heterocycles. The number of carbonyl (C=O) groups excluding carboxylic acids is 2. The molecule has 28 heavy (non-hydrogen) atoms. The number of benzene rings is 1. The third-order valence-electron chi connectivity index (χ3n) is 5.31. The van der Waals surface area contributed by atoms with Gasteiger partial charge in [-0.15, -0.1) is 0 Å². The SMILES string of the molecule is CCN(CC)S(=O)(=O)c1cccc(C(=O)NCC(=O)NC2CCCCC2C)c1. The first kappa shape index (κ1) is 22.4. The van der Waals surface area contributed by atoms with Crippen molar-refractivity contribution < 1.29 is 18.0 Å². The summed E-state index contributed by atoms with van der Waals surface area (Å²) in [5, 5.41) is 5.56. The molecule has 7 nitrogen and oxygen atoms in total. The molecule has 1 aromatic carbocycles. The maximum atomic E-state index is 12.6. The summed E-state index contributed by atoms with van der Waals surface area (Å²) >= 11 is 0. The van der Waals surface area contributed by atoms with Crippen molar-refractivity contribution in [1.82, 2.24) is 14.9 Å². The lowest BCUT2D eigenvalue weighted by atomic mass is 9.86. The van der Waals surface area contributed by atoms with Gasteiger partial charge in [0.25, 0.3) is 5.91 Å². The van der Waals surface area contributed by atoms with Crippen LogP contribution in [0.4, 0.5) is 0 Å². The van der Waals surface area contributed by atoms with Gasteiger partial charge in [-0.05, 0) is 37.0 Å². The van der Waals surface area contributed by atoms with Crippen LogP contribution >= 0.6 is 0 Å². The number of amides is 2. The summed E-state index contributed by atoms with van der Waals surface area (Å²) in [7, 11) is -3.64. The number of nitrogens with zero attached hydrogens (tertiary/aromatic N) is 1. The predicted molar refractivity (Wildman–Crippen MR) is 108 cm³/mol. The van der Waals surface area contributed by atoms with Crippen molar-refractivity contribution in [3.05, 3.63) is 29.8 Å². The quantitative estimate of drug-likeness (QED) is 0.688. The molecular formula is C20H31N3O4S. The molecule has 0 aliphatic heterocycles. The molecule has 2 rings (SSSR count). The lowest BCUT2D eigenvalue weighted by Gasteiger charge is -2.29. The Morgan fingerprint density at radius 1 is 1.14 bits per heavy atom. The highest BCUT2D eigenvalue weighted by atomic mass is 32.2. The topological polar surface area (TPSA) is 95.6 Å². The van der Waals surface area contributed by atoms with Gasteiger partial charge in [0.1, 0.15) is 0 Å². The Hall–Kier alpha value is -1.93. The van der Waals surface area contributed by atoms with Gasteiger partial charge in [0.05, 0.1) is 11.4 Å². The van der Waals surface area contributed by atoms with Crippen LogP contribution in [-0.2, 0) is 14.8 Å². The number of carbonyl (C=O) groups is 2. The van der Waals surface area contributed by atoms with Crippen LogP contribution in [0.25, 0.3) is 0 Å². The Morgan fingerprint density at radius 2 is 1.82 bits per heavy atom. The van der Waals surface area contributed by atoms with Gasteiger partial charge in [0.15, 0.2) is 0 Å². The van der Waals surface area contributed by atoms with E-state index in [-0.39, 0.29) is 29.0 Å². The lowest BCUT2D eigenvalue weighted by Crippen LogP contribution is -2.45. The summed E-state index contributed by atoms with van der Waals surface area (Å²) in [6, 6.07) is 6.05. The molecule has 1 aliphatic carbocycles. The third kappa shape index (κ3) is 5.54. The number of rotatable bonds is 8. The van der Waals surface area contributed by atoms with E-state index in [4.69, 9.17) is 0 Å². The highest BCUT2D eigenvalue weighted by Crippen LogP contribution is 2.23. The molecule has 0 aromatic heterocycles. The smallest absolute Gasteiger partial charge is 0.251 e. The van der Waals surface area contributed by atoms with Crippen LogP contribution in [-0.4, -0.2) is 50.2 Å². The Labute approximate surface area is 167 Å². The molecule has 8 heteroatoms. The van der Waals surface area contributed by atoms with Crippen LogP contribution < -0.4 is 10.6 Å². The van der Waals surface area contributed by atoms with E-state index in [9.17, 15) is 18.0 Å². The molecule has 1 fully saturated rings. The summed E-state index contributed by atoms with van der Waals surface area (Å²) in [6.07, 6.45) is 4.36. The Morgan fingerprint density at radius 3 is 2.46 bits per heavy atom. The van der Waals surface area contributed by atoms with Crippen molar-refractivity contribution in [2.24, 2.45) is 5.92 Å². The number of hydrogen-bond donors (Lipinski definition) is 2. The summed E-state index contributed by atoms with van der Waals surface area (Å²) in [4.78, 5) is 24.6. The average Bonchev–Trinajstić information content (AvgIpc) is 2.68. The van der Waals surface area contributed by atoms with Gasteiger partial charge >= 0.3 is 0 Å². The highest BCUT2D eigenvalue weighted by Gasteiger charge is 2.24. The van der Waals surface area contributed by atoms with Gasteiger partial charge in [0, 0.05) is 24.7 Å². The molecule has 156 valence electrons. The monoisotopic (exact) mass is 409 g/mol. The first-order chi connectivity index (χ1) is 13.3. The molecule has 0 heterocycles. The Kier molecular flexibility index (Phi) is 8.00. The van der Waals surface area contributed by atoms with Crippen molar-refractivity contribution in [3.8, 4) is 0 Å². The van der Waals surface area contributed by atoms with E-state index in [1.807, 2.05) is 0 Å². The predicted octanol–water partition coefficient (Wildman–Crippen LogP) is 2.14. The zero-order valence-electron chi connectivity index (χ0n) is 16.9. The number of nitrogens with one attached hydrogen (secondary N) is 2. The van der Waals surface area contributed by atoms with Crippen molar-refractivity contribution in [2.75, 3.05) is 19.6 Å². The minimum Gasteiger partial charge on any atom is -0.352 e. The summed E-state index contributed by atoms with van der Waals surface area (Å²) in [5.41, 5.74) is 0.215. The molecule has 1 saturated carbocycles. The normalized spacial score (nSPS) is 20.0. The zero-order chi connectivity index (χ0) is 20.7. The largest absolute Gasteiger partial charge is 0.352 e. The zero-order valence-corrected chi connectivity index (χ0v) is 17.7. The van der Waals surface area contributed by atoms with E-state index in [1.165, 1.54) is 35.0 Å². The molecule has 2 atom stereocenters. The molecule has 1 aliphatic rings. The number of sulfonamides is 1. The van der Waals surface area contributed by atoms with E-state index in [0.29, 0.717) is 19.0 Å². The fourth-order valence-corrected chi connectivity index (χ4v) is 5.07. The minimum absolute atomic E-state index is 0.0735. The number of hydrogen-bond acceptors (Lipinski definition) is 4. The Bertz CT molecular complexity index is 790. The van der Waals surface area contributed by atoms with Crippen LogP contribution in [0.5, 0.6) is 0 Å². The summed E-state index contributed by atoms with van der Waals surface area (Å²) < 4.78 is 26.6. The maximum Gasteiger partial charge on any atom is 0.251 e. The van der Waals surface area contributed by atoms with Crippen molar-refractivity contribution in [2.45, 2.75) is 57.4 Å². The second-order valence-electron chi connectivity index (χ2n) is 7.24. The molecular weight excluding hydrogens is 378 g/mol. The van der Waals surface area contributed by atoms with Crippen LogP contribution in [0.3, 0.4) is 0 Å². The fourth-order valence-electron chi connectivity index (χ4n) is 3.56.